The van der Waals surface area contributed by atoms with E-state index in [0.29, 0.717) is 11.4 Å². The third-order valence-corrected chi connectivity index (χ3v) is 2.96. The topological polar surface area (TPSA) is 60.1 Å². The van der Waals surface area contributed by atoms with Crippen LogP contribution in [-0.2, 0) is 0 Å². The van der Waals surface area contributed by atoms with Crippen LogP contribution in [0.1, 0.15) is 42.7 Å². The van der Waals surface area contributed by atoms with Crippen LogP contribution in [0.2, 0.25) is 0 Å². The van der Waals surface area contributed by atoms with Gasteiger partial charge in [0, 0.05) is 18.3 Å². The number of aromatic nitrogens is 1. The Bertz CT molecular complexity index is 477. The van der Waals surface area contributed by atoms with E-state index < -0.39 is 24.5 Å². The summed E-state index contributed by atoms with van der Waals surface area (Å²) in [6, 6.07) is 0.779. The molecule has 0 aromatic carbocycles. The summed E-state index contributed by atoms with van der Waals surface area (Å²) in [6.45, 7) is 1.33. The van der Waals surface area contributed by atoms with E-state index in [9.17, 15) is 18.0 Å². The van der Waals surface area contributed by atoms with Crippen molar-refractivity contribution in [2.24, 2.45) is 0 Å². The number of carbonyl (C=O) groups is 1. The van der Waals surface area contributed by atoms with E-state index in [1.54, 1.807) is 10.8 Å². The lowest BCUT2D eigenvalue weighted by molar-refractivity contribution is -0.138. The lowest BCUT2D eigenvalue weighted by Crippen LogP contribution is -2.36. The van der Waals surface area contributed by atoms with Crippen molar-refractivity contribution in [1.82, 2.24) is 9.88 Å². The van der Waals surface area contributed by atoms with Gasteiger partial charge < -0.3 is 15.6 Å². The van der Waals surface area contributed by atoms with Crippen LogP contribution >= 0.6 is 0 Å². The fourth-order valence-electron chi connectivity index (χ4n) is 2.03. The second-order valence-electron chi connectivity index (χ2n) is 4.99. The van der Waals surface area contributed by atoms with Gasteiger partial charge in [-0.25, -0.2) is 0 Å². The van der Waals surface area contributed by atoms with Gasteiger partial charge in [0.1, 0.15) is 5.69 Å². The van der Waals surface area contributed by atoms with E-state index >= 15 is 0 Å². The molecule has 1 unspecified atom stereocenters. The van der Waals surface area contributed by atoms with Crippen LogP contribution in [-0.4, -0.2) is 22.7 Å². The first kappa shape index (κ1) is 13.8. The van der Waals surface area contributed by atoms with Crippen LogP contribution in [0.5, 0.6) is 0 Å². The molecule has 0 radical (unpaired) electrons. The average molecular weight is 275 g/mol. The number of halogens is 3. The Kier molecular flexibility index (Phi) is 3.47. The molecule has 1 saturated carbocycles. The summed E-state index contributed by atoms with van der Waals surface area (Å²) in [4.78, 5) is 12.0. The number of alkyl halides is 3. The third-order valence-electron chi connectivity index (χ3n) is 2.96. The molecule has 1 atom stereocenters. The molecule has 1 fully saturated rings. The number of carbonyl (C=O) groups excluding carboxylic acids is 1. The minimum Gasteiger partial charge on any atom is -0.397 e. The molecule has 0 aliphatic heterocycles. The summed E-state index contributed by atoms with van der Waals surface area (Å²) < 4.78 is 38.4. The molecule has 1 aliphatic carbocycles. The Morgan fingerprint density at radius 2 is 2.21 bits per heavy atom. The number of nitrogens with one attached hydrogen (secondary N) is 1. The Labute approximate surface area is 108 Å². The Balaban J connectivity index is 2.03. The molecule has 0 bridgehead atoms. The Morgan fingerprint density at radius 1 is 1.58 bits per heavy atom. The van der Waals surface area contributed by atoms with Gasteiger partial charge in [0.25, 0.3) is 5.91 Å². The lowest BCUT2D eigenvalue weighted by Gasteiger charge is -2.16. The van der Waals surface area contributed by atoms with E-state index in [1.165, 1.54) is 13.0 Å². The van der Waals surface area contributed by atoms with Gasteiger partial charge in [0.2, 0.25) is 0 Å². The van der Waals surface area contributed by atoms with E-state index in [-0.39, 0.29) is 6.04 Å². The Hall–Kier alpha value is -1.66. The van der Waals surface area contributed by atoms with Gasteiger partial charge in [-0.05, 0) is 25.8 Å². The first-order valence-corrected chi connectivity index (χ1v) is 6.11. The zero-order valence-electron chi connectivity index (χ0n) is 10.5. The largest absolute Gasteiger partial charge is 0.397 e. The number of amides is 1. The van der Waals surface area contributed by atoms with Gasteiger partial charge in [0.15, 0.2) is 0 Å². The smallest absolute Gasteiger partial charge is 0.391 e. The van der Waals surface area contributed by atoms with Crippen molar-refractivity contribution in [3.63, 3.8) is 0 Å². The molecule has 7 heteroatoms. The van der Waals surface area contributed by atoms with E-state index in [2.05, 4.69) is 5.32 Å². The van der Waals surface area contributed by atoms with Gasteiger partial charge in [-0.1, -0.05) is 0 Å². The SMILES string of the molecule is CC(CC(F)(F)F)NC(=O)c1cc(N)cn1C1CC1. The number of nitrogens with two attached hydrogens (primary N) is 1. The molecule has 19 heavy (non-hydrogen) atoms. The first-order chi connectivity index (χ1) is 8.76. The molecule has 1 aromatic heterocycles. The van der Waals surface area contributed by atoms with Crippen molar-refractivity contribution in [1.29, 1.82) is 0 Å². The Morgan fingerprint density at radius 3 is 2.74 bits per heavy atom. The zero-order valence-corrected chi connectivity index (χ0v) is 10.5. The molecule has 2 rings (SSSR count). The molecule has 1 heterocycles. The van der Waals surface area contributed by atoms with E-state index in [4.69, 9.17) is 5.73 Å². The molecule has 1 aromatic rings. The molecular formula is C12H16F3N3O. The number of nitrogens with zero attached hydrogens (tertiary/aromatic N) is 1. The number of nitrogen functional groups attached to an aromatic ring is 1. The standard InChI is InChI=1S/C12H16F3N3O/c1-7(5-12(13,14)15)17-11(19)10-4-8(16)6-18(10)9-2-3-9/h4,6-7,9H,2-3,5,16H2,1H3,(H,17,19). The highest BCUT2D eigenvalue weighted by atomic mass is 19.4. The maximum absolute atomic E-state index is 12.2. The second-order valence-corrected chi connectivity index (χ2v) is 4.99. The quantitative estimate of drug-likeness (QED) is 0.886. The highest BCUT2D eigenvalue weighted by Gasteiger charge is 2.32. The highest BCUT2D eigenvalue weighted by molar-refractivity contribution is 5.94. The molecule has 1 aliphatic rings. The van der Waals surface area contributed by atoms with Crippen molar-refractivity contribution in [2.45, 2.75) is 44.4 Å². The van der Waals surface area contributed by atoms with Crippen LogP contribution < -0.4 is 11.1 Å². The van der Waals surface area contributed by atoms with E-state index in [0.717, 1.165) is 12.8 Å². The molecule has 4 nitrogen and oxygen atoms in total. The fourth-order valence-corrected chi connectivity index (χ4v) is 2.03. The molecule has 0 spiro atoms. The van der Waals surface area contributed by atoms with Crippen molar-refractivity contribution in [3.05, 3.63) is 18.0 Å². The normalized spacial score (nSPS) is 17.3. The predicted octanol–water partition coefficient (Wildman–Crippen LogP) is 2.48. The van der Waals surface area contributed by atoms with Gasteiger partial charge >= 0.3 is 6.18 Å². The van der Waals surface area contributed by atoms with Gasteiger partial charge in [-0.15, -0.1) is 0 Å². The summed E-state index contributed by atoms with van der Waals surface area (Å²) in [5, 5.41) is 2.35. The van der Waals surface area contributed by atoms with Gasteiger partial charge in [-0.3, -0.25) is 4.79 Å². The van der Waals surface area contributed by atoms with Crippen LogP contribution in [0, 0.1) is 0 Å². The number of hydrogen-bond acceptors (Lipinski definition) is 2. The zero-order chi connectivity index (χ0) is 14.2. The van der Waals surface area contributed by atoms with Crippen molar-refractivity contribution < 1.29 is 18.0 Å². The highest BCUT2D eigenvalue weighted by Crippen LogP contribution is 2.37. The minimum atomic E-state index is -4.29. The molecule has 0 saturated heterocycles. The molecule has 106 valence electrons. The lowest BCUT2D eigenvalue weighted by atomic mass is 10.2. The summed E-state index contributed by atoms with van der Waals surface area (Å²) in [5.41, 5.74) is 6.41. The van der Waals surface area contributed by atoms with Crippen LogP contribution in [0.25, 0.3) is 0 Å². The van der Waals surface area contributed by atoms with E-state index in [1.807, 2.05) is 0 Å². The monoisotopic (exact) mass is 275 g/mol. The van der Waals surface area contributed by atoms with Crippen LogP contribution in [0.15, 0.2) is 12.3 Å². The summed E-state index contributed by atoms with van der Waals surface area (Å²) in [7, 11) is 0. The number of hydrogen-bond donors (Lipinski definition) is 2. The summed E-state index contributed by atoms with van der Waals surface area (Å²) in [6.07, 6.45) is -1.75. The predicted molar refractivity (Wildman–Crippen MR) is 64.7 cm³/mol. The summed E-state index contributed by atoms with van der Waals surface area (Å²) >= 11 is 0. The second kappa shape index (κ2) is 4.79. The van der Waals surface area contributed by atoms with Gasteiger partial charge in [-0.2, -0.15) is 13.2 Å². The van der Waals surface area contributed by atoms with Crippen molar-refractivity contribution in [3.8, 4) is 0 Å². The number of anilines is 1. The maximum atomic E-state index is 12.2. The van der Waals surface area contributed by atoms with Crippen molar-refractivity contribution in [2.75, 3.05) is 5.73 Å². The maximum Gasteiger partial charge on any atom is 0.391 e. The average Bonchev–Trinajstić information content (AvgIpc) is 2.99. The van der Waals surface area contributed by atoms with Gasteiger partial charge in [0.05, 0.1) is 12.1 Å². The van der Waals surface area contributed by atoms with Crippen molar-refractivity contribution >= 4 is 11.6 Å². The third kappa shape index (κ3) is 3.65. The number of rotatable bonds is 4. The van der Waals surface area contributed by atoms with Crippen LogP contribution in [0.3, 0.4) is 0 Å². The molecule has 1 amide bonds. The van der Waals surface area contributed by atoms with Crippen LogP contribution in [0.4, 0.5) is 18.9 Å². The molecular weight excluding hydrogens is 259 g/mol. The minimum absolute atomic E-state index is 0.246. The molecule has 3 N–H and O–H groups in total. The summed E-state index contributed by atoms with van der Waals surface area (Å²) in [5.74, 6) is -0.514. The fraction of sp³-hybridized carbons (Fsp3) is 0.583. The first-order valence-electron chi connectivity index (χ1n) is 6.11.